The minimum absolute atomic E-state index is 0.0620. The highest BCUT2D eigenvalue weighted by atomic mass is 16.2. The van der Waals surface area contributed by atoms with Crippen molar-refractivity contribution in [2.45, 2.75) is 64.2 Å². The minimum atomic E-state index is -0.960. The van der Waals surface area contributed by atoms with Gasteiger partial charge in [-0.25, -0.2) is 0 Å². The molecule has 5 rings (SSSR count). The molecule has 7 nitrogen and oxygen atoms in total. The van der Waals surface area contributed by atoms with Crippen molar-refractivity contribution in [3.05, 3.63) is 84.1 Å². The molecule has 0 spiro atoms. The van der Waals surface area contributed by atoms with Crippen LogP contribution in [0.3, 0.4) is 0 Å². The van der Waals surface area contributed by atoms with Crippen LogP contribution in [0.4, 0.5) is 0 Å². The molecule has 7 heteroatoms. The van der Waals surface area contributed by atoms with Crippen molar-refractivity contribution in [2.24, 2.45) is 11.8 Å². The molecule has 1 aliphatic carbocycles. The number of nitrogens with one attached hydrogen (secondary N) is 3. The van der Waals surface area contributed by atoms with E-state index >= 15 is 0 Å². The number of hydrogen-bond donors (Lipinski definition) is 3. The summed E-state index contributed by atoms with van der Waals surface area (Å²) in [5.41, 5.74) is 3.96. The molecule has 2 aromatic carbocycles. The van der Waals surface area contributed by atoms with Crippen LogP contribution in [-0.2, 0) is 27.2 Å². The van der Waals surface area contributed by atoms with E-state index in [4.69, 9.17) is 0 Å². The lowest BCUT2D eigenvalue weighted by molar-refractivity contribution is -0.158. The van der Waals surface area contributed by atoms with Crippen molar-refractivity contribution in [1.29, 1.82) is 0 Å². The summed E-state index contributed by atoms with van der Waals surface area (Å²) in [7, 11) is 0. The van der Waals surface area contributed by atoms with Crippen LogP contribution < -0.4 is 10.6 Å². The molecule has 0 saturated carbocycles. The van der Waals surface area contributed by atoms with Crippen molar-refractivity contribution in [2.75, 3.05) is 0 Å². The normalized spacial score (nSPS) is 21.3. The van der Waals surface area contributed by atoms with Crippen molar-refractivity contribution in [3.8, 4) is 0 Å². The Morgan fingerprint density at radius 2 is 1.82 bits per heavy atom. The number of rotatable bonds is 8. The van der Waals surface area contributed by atoms with Crippen molar-refractivity contribution >= 4 is 28.6 Å². The van der Waals surface area contributed by atoms with E-state index in [1.54, 1.807) is 11.0 Å². The summed E-state index contributed by atoms with van der Waals surface area (Å²) in [5.74, 6) is -0.641. The first-order valence-electron chi connectivity index (χ1n) is 13.5. The number of aromatic nitrogens is 1. The Morgan fingerprint density at radius 3 is 2.47 bits per heavy atom. The molecular formula is C31H36N4O3. The van der Waals surface area contributed by atoms with Crippen LogP contribution in [-0.4, -0.2) is 45.7 Å². The average molecular weight is 513 g/mol. The molecule has 3 amide bonds. The third-order valence-corrected chi connectivity index (χ3v) is 7.85. The molecule has 38 heavy (non-hydrogen) atoms. The Kier molecular flexibility index (Phi) is 7.11. The predicted octanol–water partition coefficient (Wildman–Crippen LogP) is 4.06. The van der Waals surface area contributed by atoms with E-state index in [0.717, 1.165) is 10.9 Å². The number of carbonyl (C=O) groups is 3. The summed E-state index contributed by atoms with van der Waals surface area (Å²) < 4.78 is 0. The molecule has 1 fully saturated rings. The maximum Gasteiger partial charge on any atom is 0.247 e. The summed E-state index contributed by atoms with van der Waals surface area (Å²) in [6.45, 7) is 9.68. The third kappa shape index (κ3) is 4.85. The molecule has 1 saturated heterocycles. The Labute approximate surface area is 223 Å². The van der Waals surface area contributed by atoms with Crippen LogP contribution in [0.25, 0.3) is 10.9 Å². The first-order valence-corrected chi connectivity index (χ1v) is 13.5. The number of carbonyl (C=O) groups excluding carboxylic acids is 3. The van der Waals surface area contributed by atoms with Crippen LogP contribution in [0, 0.1) is 11.8 Å². The van der Waals surface area contributed by atoms with Crippen molar-refractivity contribution in [1.82, 2.24) is 20.5 Å². The second kappa shape index (κ2) is 10.5. The Morgan fingerprint density at radius 1 is 1.11 bits per heavy atom. The second-order valence-corrected chi connectivity index (χ2v) is 11.1. The van der Waals surface area contributed by atoms with E-state index in [2.05, 4.69) is 34.3 Å². The molecule has 4 atom stereocenters. The highest BCUT2D eigenvalue weighted by Crippen LogP contribution is 2.36. The zero-order chi connectivity index (χ0) is 27.0. The smallest absolute Gasteiger partial charge is 0.247 e. The summed E-state index contributed by atoms with van der Waals surface area (Å²) in [6.07, 6.45) is 5.39. The van der Waals surface area contributed by atoms with Crippen LogP contribution in [0.5, 0.6) is 0 Å². The average Bonchev–Trinajstić information content (AvgIpc) is 3.54. The molecule has 3 aromatic rings. The maximum absolute atomic E-state index is 14.4. The van der Waals surface area contributed by atoms with E-state index in [1.165, 1.54) is 11.1 Å². The quantitative estimate of drug-likeness (QED) is 0.398. The number of piperazine rings is 1. The predicted molar refractivity (Wildman–Crippen MR) is 148 cm³/mol. The lowest BCUT2D eigenvalue weighted by Gasteiger charge is -2.45. The molecule has 1 unspecified atom stereocenters. The molecule has 0 bridgehead atoms. The lowest BCUT2D eigenvalue weighted by atomic mass is 9.87. The highest BCUT2D eigenvalue weighted by Gasteiger charge is 2.49. The van der Waals surface area contributed by atoms with Gasteiger partial charge in [-0.2, -0.15) is 0 Å². The number of fused-ring (bicyclic) bond motifs is 2. The van der Waals surface area contributed by atoms with Gasteiger partial charge in [-0.05, 0) is 72.2 Å². The van der Waals surface area contributed by atoms with Crippen LogP contribution in [0.2, 0.25) is 0 Å². The van der Waals surface area contributed by atoms with Gasteiger partial charge in [-0.1, -0.05) is 56.3 Å². The van der Waals surface area contributed by atoms with Crippen molar-refractivity contribution in [3.63, 3.8) is 0 Å². The standard InChI is InChI=1S/C31H36N4O3/c1-5-19(4)33-30(37)28(23-11-10-20-12-13-32-25(20)17-23)35-26(14-18(2)3)29(36)34-27(31(35)38)24-15-21-8-6-7-9-22(21)16-24/h5-13,17-19,24,26-28,32H,1,14-16H2,2-4H3,(H,33,37)(H,34,36)/t19?,26-,27-,28-/m1/s1. The minimum Gasteiger partial charge on any atom is -0.361 e. The first kappa shape index (κ1) is 25.8. The number of benzene rings is 2. The summed E-state index contributed by atoms with van der Waals surface area (Å²) >= 11 is 0. The first-order chi connectivity index (χ1) is 18.3. The molecule has 2 aliphatic rings. The number of hydrogen-bond acceptors (Lipinski definition) is 3. The second-order valence-electron chi connectivity index (χ2n) is 11.1. The van der Waals surface area contributed by atoms with E-state index in [-0.39, 0.29) is 35.6 Å². The van der Waals surface area contributed by atoms with Gasteiger partial charge in [0.25, 0.3) is 0 Å². The fourth-order valence-corrected chi connectivity index (χ4v) is 5.91. The van der Waals surface area contributed by atoms with Gasteiger partial charge in [0.15, 0.2) is 0 Å². The van der Waals surface area contributed by atoms with Crippen LogP contribution >= 0.6 is 0 Å². The van der Waals surface area contributed by atoms with Crippen molar-refractivity contribution < 1.29 is 14.4 Å². The summed E-state index contributed by atoms with van der Waals surface area (Å²) in [6, 6.07) is 13.2. The maximum atomic E-state index is 14.4. The van der Waals surface area contributed by atoms with Gasteiger partial charge < -0.3 is 20.5 Å². The fraction of sp³-hybridized carbons (Fsp3) is 0.387. The van der Waals surface area contributed by atoms with Gasteiger partial charge >= 0.3 is 0 Å². The number of nitrogens with zero attached hydrogens (tertiary/aromatic N) is 1. The van der Waals surface area contributed by atoms with Gasteiger partial charge in [-0.3, -0.25) is 14.4 Å². The summed E-state index contributed by atoms with van der Waals surface area (Å²) in [5, 5.41) is 7.06. The number of amides is 3. The largest absolute Gasteiger partial charge is 0.361 e. The SMILES string of the molecule is C=CC(C)NC(=O)[C@@H](c1ccc2cc[nH]c2c1)N1C(=O)[C@@H](C2Cc3ccccc3C2)NC(=O)[C@H]1CC(C)C. The van der Waals surface area contributed by atoms with E-state index in [1.807, 2.05) is 63.4 Å². The van der Waals surface area contributed by atoms with Gasteiger partial charge in [-0.15, -0.1) is 6.58 Å². The zero-order valence-corrected chi connectivity index (χ0v) is 22.2. The lowest BCUT2D eigenvalue weighted by Crippen LogP contribution is -2.67. The van der Waals surface area contributed by atoms with Gasteiger partial charge in [0.1, 0.15) is 18.1 Å². The van der Waals surface area contributed by atoms with E-state index in [0.29, 0.717) is 24.8 Å². The van der Waals surface area contributed by atoms with Crippen LogP contribution in [0.1, 0.15) is 49.9 Å². The number of H-pyrrole nitrogens is 1. The molecule has 198 valence electrons. The Balaban J connectivity index is 1.57. The van der Waals surface area contributed by atoms with E-state index < -0.39 is 18.1 Å². The fourth-order valence-electron chi connectivity index (χ4n) is 5.91. The van der Waals surface area contributed by atoms with Gasteiger partial charge in [0.05, 0.1) is 0 Å². The molecule has 1 aliphatic heterocycles. The molecule has 2 heterocycles. The highest BCUT2D eigenvalue weighted by molar-refractivity contribution is 6.00. The number of aromatic amines is 1. The Hall–Kier alpha value is -3.87. The molecule has 1 aromatic heterocycles. The van der Waals surface area contributed by atoms with Crippen LogP contribution in [0.15, 0.2) is 67.4 Å². The van der Waals surface area contributed by atoms with Gasteiger partial charge in [0.2, 0.25) is 17.7 Å². The summed E-state index contributed by atoms with van der Waals surface area (Å²) in [4.78, 5) is 46.7. The topological polar surface area (TPSA) is 94.3 Å². The molecule has 0 radical (unpaired) electrons. The van der Waals surface area contributed by atoms with Gasteiger partial charge in [0, 0.05) is 17.8 Å². The third-order valence-electron chi connectivity index (χ3n) is 7.85. The Bertz CT molecular complexity index is 1350. The molecular weight excluding hydrogens is 476 g/mol. The molecule has 3 N–H and O–H groups in total. The van der Waals surface area contributed by atoms with E-state index in [9.17, 15) is 14.4 Å². The zero-order valence-electron chi connectivity index (χ0n) is 22.2. The monoisotopic (exact) mass is 512 g/mol.